The standard InChI is InChI=1S/C19H23F3N4O2/c1-24-16-15(17(27)25(2)18(24)28)13(19(20,21)22)8-14(23-16)12-4-3-7-26(10-12)9-11-5-6-11/h8,11-12H,3-7,9-10H2,1-2H3/t12-/m0/s1. The first-order valence-electron chi connectivity index (χ1n) is 9.57. The minimum atomic E-state index is -4.71. The third-order valence-electron chi connectivity index (χ3n) is 5.87. The van der Waals surface area contributed by atoms with Crippen molar-refractivity contribution in [2.45, 2.75) is 37.8 Å². The number of hydrogen-bond donors (Lipinski definition) is 0. The SMILES string of the molecule is Cn1c(=O)c2c(C(F)(F)F)cc([C@H]3CCCN(CC4CC4)C3)nc2n(C)c1=O. The largest absolute Gasteiger partial charge is 0.417 e. The highest BCUT2D eigenvalue weighted by atomic mass is 19.4. The normalized spacial score (nSPS) is 21.4. The summed E-state index contributed by atoms with van der Waals surface area (Å²) in [4.78, 5) is 31.4. The fourth-order valence-electron chi connectivity index (χ4n) is 4.14. The lowest BCUT2D eigenvalue weighted by Gasteiger charge is -2.32. The summed E-state index contributed by atoms with van der Waals surface area (Å²) in [6.07, 6.45) is -0.621. The average molecular weight is 396 g/mol. The van der Waals surface area contributed by atoms with Gasteiger partial charge in [-0.1, -0.05) is 0 Å². The summed E-state index contributed by atoms with van der Waals surface area (Å²) < 4.78 is 43.1. The Kier molecular flexibility index (Phi) is 4.60. The molecule has 0 N–H and O–H groups in total. The van der Waals surface area contributed by atoms with Crippen LogP contribution in [0.3, 0.4) is 0 Å². The Morgan fingerprint density at radius 1 is 1.14 bits per heavy atom. The average Bonchev–Trinajstić information content (AvgIpc) is 3.47. The molecular formula is C19H23F3N4O2. The molecule has 9 heteroatoms. The second-order valence-electron chi connectivity index (χ2n) is 8.04. The molecule has 0 radical (unpaired) electrons. The van der Waals surface area contributed by atoms with Crippen molar-refractivity contribution in [3.63, 3.8) is 0 Å². The molecule has 0 unspecified atom stereocenters. The van der Waals surface area contributed by atoms with Crippen LogP contribution < -0.4 is 11.2 Å². The van der Waals surface area contributed by atoms with Crippen molar-refractivity contribution in [2.75, 3.05) is 19.6 Å². The second-order valence-corrected chi connectivity index (χ2v) is 8.04. The Morgan fingerprint density at radius 3 is 2.50 bits per heavy atom. The first-order valence-corrected chi connectivity index (χ1v) is 9.57. The van der Waals surface area contributed by atoms with Crippen LogP contribution in [0.15, 0.2) is 15.7 Å². The van der Waals surface area contributed by atoms with Gasteiger partial charge >= 0.3 is 11.9 Å². The summed E-state index contributed by atoms with van der Waals surface area (Å²) in [7, 11) is 2.52. The Morgan fingerprint density at radius 2 is 1.86 bits per heavy atom. The maximum atomic E-state index is 13.8. The van der Waals surface area contributed by atoms with Crippen LogP contribution in [0.1, 0.15) is 42.9 Å². The number of halogens is 3. The van der Waals surface area contributed by atoms with Crippen molar-refractivity contribution in [1.82, 2.24) is 19.0 Å². The number of aromatic nitrogens is 3. The summed E-state index contributed by atoms with van der Waals surface area (Å²) >= 11 is 0. The minimum Gasteiger partial charge on any atom is -0.302 e. The van der Waals surface area contributed by atoms with Gasteiger partial charge in [-0.3, -0.25) is 13.9 Å². The van der Waals surface area contributed by atoms with Crippen molar-refractivity contribution in [3.8, 4) is 0 Å². The number of rotatable bonds is 3. The van der Waals surface area contributed by atoms with E-state index in [1.165, 1.54) is 26.9 Å². The van der Waals surface area contributed by atoms with Gasteiger partial charge in [-0.2, -0.15) is 13.2 Å². The molecule has 0 amide bonds. The smallest absolute Gasteiger partial charge is 0.302 e. The lowest BCUT2D eigenvalue weighted by molar-refractivity contribution is -0.136. The molecular weight excluding hydrogens is 373 g/mol. The zero-order valence-electron chi connectivity index (χ0n) is 15.9. The van der Waals surface area contributed by atoms with Gasteiger partial charge in [0.05, 0.1) is 10.9 Å². The molecule has 28 heavy (non-hydrogen) atoms. The summed E-state index contributed by atoms with van der Waals surface area (Å²) in [5, 5.41) is -0.550. The van der Waals surface area contributed by atoms with E-state index in [0.29, 0.717) is 22.7 Å². The van der Waals surface area contributed by atoms with E-state index in [-0.39, 0.29) is 11.6 Å². The van der Waals surface area contributed by atoms with E-state index >= 15 is 0 Å². The van der Waals surface area contributed by atoms with Crippen LogP contribution in [-0.4, -0.2) is 38.7 Å². The van der Waals surface area contributed by atoms with E-state index in [0.717, 1.165) is 36.6 Å². The molecule has 2 aromatic heterocycles. The molecule has 0 aromatic carbocycles. The summed E-state index contributed by atoms with van der Waals surface area (Å²) in [6, 6.07) is 1.01. The highest BCUT2D eigenvalue weighted by Crippen LogP contribution is 2.37. The first kappa shape index (κ1) is 19.2. The number of piperidine rings is 1. The molecule has 1 aliphatic carbocycles. The highest BCUT2D eigenvalue weighted by Gasteiger charge is 2.37. The van der Waals surface area contributed by atoms with Crippen LogP contribution in [0.4, 0.5) is 13.2 Å². The van der Waals surface area contributed by atoms with E-state index in [1.807, 2.05) is 0 Å². The minimum absolute atomic E-state index is 0.142. The molecule has 0 spiro atoms. The number of likely N-dealkylation sites (tertiary alicyclic amines) is 1. The van der Waals surface area contributed by atoms with Crippen LogP contribution in [0, 0.1) is 5.92 Å². The van der Waals surface area contributed by atoms with Crippen molar-refractivity contribution in [1.29, 1.82) is 0 Å². The van der Waals surface area contributed by atoms with E-state index in [9.17, 15) is 22.8 Å². The molecule has 2 aliphatic rings. The molecule has 4 rings (SSSR count). The van der Waals surface area contributed by atoms with Gasteiger partial charge in [0, 0.05) is 38.8 Å². The number of hydrogen-bond acceptors (Lipinski definition) is 4. The van der Waals surface area contributed by atoms with Crippen LogP contribution in [0.2, 0.25) is 0 Å². The zero-order chi connectivity index (χ0) is 20.2. The van der Waals surface area contributed by atoms with Gasteiger partial charge in [0.2, 0.25) is 0 Å². The maximum Gasteiger partial charge on any atom is 0.417 e. The van der Waals surface area contributed by atoms with Gasteiger partial charge in [-0.05, 0) is 44.2 Å². The molecule has 152 valence electrons. The number of aryl methyl sites for hydroxylation is 1. The number of fused-ring (bicyclic) bond motifs is 1. The fourth-order valence-corrected chi connectivity index (χ4v) is 4.14. The molecule has 1 saturated heterocycles. The van der Waals surface area contributed by atoms with E-state index < -0.39 is 28.4 Å². The first-order chi connectivity index (χ1) is 13.2. The van der Waals surface area contributed by atoms with Gasteiger partial charge in [0.1, 0.15) is 5.65 Å². The van der Waals surface area contributed by atoms with Gasteiger partial charge in [0.15, 0.2) is 0 Å². The van der Waals surface area contributed by atoms with Gasteiger partial charge in [-0.25, -0.2) is 9.78 Å². The van der Waals surface area contributed by atoms with Crippen LogP contribution >= 0.6 is 0 Å². The quantitative estimate of drug-likeness (QED) is 0.799. The maximum absolute atomic E-state index is 13.8. The molecule has 6 nitrogen and oxygen atoms in total. The topological polar surface area (TPSA) is 60.1 Å². The molecule has 2 aromatic rings. The third-order valence-corrected chi connectivity index (χ3v) is 5.87. The fraction of sp³-hybridized carbons (Fsp3) is 0.632. The summed E-state index contributed by atoms with van der Waals surface area (Å²) in [5.74, 6) is 0.565. The molecule has 3 heterocycles. The van der Waals surface area contributed by atoms with Gasteiger partial charge < -0.3 is 4.90 Å². The van der Waals surface area contributed by atoms with Crippen LogP contribution in [0.25, 0.3) is 11.0 Å². The summed E-state index contributed by atoms with van der Waals surface area (Å²) in [6.45, 7) is 2.59. The zero-order valence-corrected chi connectivity index (χ0v) is 15.9. The Bertz CT molecular complexity index is 1040. The van der Waals surface area contributed by atoms with Gasteiger partial charge in [-0.15, -0.1) is 0 Å². The number of pyridine rings is 1. The molecule has 1 aliphatic heterocycles. The Balaban J connectivity index is 1.85. The predicted octanol–water partition coefficient (Wildman–Crippen LogP) is 2.24. The highest BCUT2D eigenvalue weighted by molar-refractivity contribution is 5.79. The van der Waals surface area contributed by atoms with Crippen LogP contribution in [-0.2, 0) is 20.3 Å². The number of alkyl halides is 3. The van der Waals surface area contributed by atoms with Crippen molar-refractivity contribution in [2.24, 2.45) is 20.0 Å². The monoisotopic (exact) mass is 396 g/mol. The Labute approximate surface area is 159 Å². The lowest BCUT2D eigenvalue weighted by atomic mass is 9.92. The van der Waals surface area contributed by atoms with E-state index in [1.54, 1.807) is 0 Å². The molecule has 1 atom stereocenters. The van der Waals surface area contributed by atoms with E-state index in [2.05, 4.69) is 9.88 Å². The summed E-state index contributed by atoms with van der Waals surface area (Å²) in [5.41, 5.74) is -2.55. The lowest BCUT2D eigenvalue weighted by Crippen LogP contribution is -2.39. The van der Waals surface area contributed by atoms with Crippen molar-refractivity contribution < 1.29 is 13.2 Å². The van der Waals surface area contributed by atoms with Crippen molar-refractivity contribution in [3.05, 3.63) is 38.2 Å². The second kappa shape index (κ2) is 6.72. The van der Waals surface area contributed by atoms with Crippen molar-refractivity contribution >= 4 is 11.0 Å². The van der Waals surface area contributed by atoms with Crippen LogP contribution in [0.5, 0.6) is 0 Å². The molecule has 2 fully saturated rings. The predicted molar refractivity (Wildman–Crippen MR) is 98.4 cm³/mol. The Hall–Kier alpha value is -2.16. The van der Waals surface area contributed by atoms with E-state index in [4.69, 9.17) is 0 Å². The number of nitrogens with zero attached hydrogens (tertiary/aromatic N) is 4. The molecule has 0 bridgehead atoms. The van der Waals surface area contributed by atoms with Gasteiger partial charge in [0.25, 0.3) is 5.56 Å². The molecule has 1 saturated carbocycles. The third kappa shape index (κ3) is 3.36.